The first-order chi connectivity index (χ1) is 14.3. The van der Waals surface area contributed by atoms with Crippen molar-refractivity contribution in [2.24, 2.45) is 0 Å². The van der Waals surface area contributed by atoms with Crippen LogP contribution in [0.5, 0.6) is 11.5 Å². The number of anilines is 1. The van der Waals surface area contributed by atoms with E-state index in [0.717, 1.165) is 11.1 Å². The standard InChI is InChI=1S/C21H22N2O7/c1-12-6-5-7-15(13(12)2)22-21(27)23-17(25)11-30-20(26)18-14(10-24)8-9-16(28-3)19(18)29-4/h5-10H,11H2,1-4H3,(H2,22,23,25,27). The number of benzene rings is 2. The van der Waals surface area contributed by atoms with Gasteiger partial charge < -0.3 is 19.5 Å². The van der Waals surface area contributed by atoms with Crippen LogP contribution in [0.2, 0.25) is 0 Å². The first-order valence-corrected chi connectivity index (χ1v) is 8.86. The smallest absolute Gasteiger partial charge is 0.343 e. The minimum Gasteiger partial charge on any atom is -0.493 e. The number of aldehydes is 1. The van der Waals surface area contributed by atoms with E-state index in [4.69, 9.17) is 14.2 Å². The SMILES string of the molecule is COc1ccc(C=O)c(C(=O)OCC(=O)NC(=O)Nc2cccc(C)c2C)c1OC. The molecule has 30 heavy (non-hydrogen) atoms. The number of hydrogen-bond acceptors (Lipinski definition) is 7. The van der Waals surface area contributed by atoms with Crippen LogP contribution in [-0.2, 0) is 9.53 Å². The van der Waals surface area contributed by atoms with E-state index in [2.05, 4.69) is 10.6 Å². The summed E-state index contributed by atoms with van der Waals surface area (Å²) in [5, 5.41) is 4.63. The lowest BCUT2D eigenvalue weighted by Crippen LogP contribution is -2.37. The normalized spacial score (nSPS) is 10.0. The van der Waals surface area contributed by atoms with Crippen LogP contribution < -0.4 is 20.1 Å². The number of carbonyl (C=O) groups excluding carboxylic acids is 4. The second-order valence-electron chi connectivity index (χ2n) is 6.21. The van der Waals surface area contributed by atoms with Crippen molar-refractivity contribution in [1.29, 1.82) is 0 Å². The molecular weight excluding hydrogens is 392 g/mol. The van der Waals surface area contributed by atoms with Gasteiger partial charge in [0.25, 0.3) is 5.91 Å². The number of hydrogen-bond donors (Lipinski definition) is 2. The van der Waals surface area contributed by atoms with Crippen LogP contribution >= 0.6 is 0 Å². The van der Waals surface area contributed by atoms with Crippen molar-refractivity contribution in [2.45, 2.75) is 13.8 Å². The minimum absolute atomic E-state index is 0.000161. The predicted molar refractivity (Wildman–Crippen MR) is 108 cm³/mol. The number of imide groups is 1. The highest BCUT2D eigenvalue weighted by atomic mass is 16.5. The summed E-state index contributed by atoms with van der Waals surface area (Å²) < 4.78 is 15.2. The molecule has 9 nitrogen and oxygen atoms in total. The highest BCUT2D eigenvalue weighted by Gasteiger charge is 2.23. The van der Waals surface area contributed by atoms with Gasteiger partial charge in [-0.3, -0.25) is 14.9 Å². The van der Waals surface area contributed by atoms with Crippen molar-refractivity contribution in [3.63, 3.8) is 0 Å². The van der Waals surface area contributed by atoms with Gasteiger partial charge in [0.15, 0.2) is 24.4 Å². The van der Waals surface area contributed by atoms with Gasteiger partial charge in [0.05, 0.1) is 14.2 Å². The second kappa shape index (κ2) is 10.1. The maximum absolute atomic E-state index is 12.4. The molecule has 158 valence electrons. The number of nitrogens with one attached hydrogen (secondary N) is 2. The van der Waals surface area contributed by atoms with Gasteiger partial charge in [-0.25, -0.2) is 9.59 Å². The van der Waals surface area contributed by atoms with E-state index < -0.39 is 24.5 Å². The Labute approximate surface area is 173 Å². The van der Waals surface area contributed by atoms with Gasteiger partial charge in [-0.1, -0.05) is 12.1 Å². The Bertz CT molecular complexity index is 986. The molecule has 0 saturated heterocycles. The molecule has 0 atom stereocenters. The maximum Gasteiger partial charge on any atom is 0.343 e. The van der Waals surface area contributed by atoms with Crippen LogP contribution in [0.4, 0.5) is 10.5 Å². The molecule has 3 amide bonds. The number of aryl methyl sites for hydroxylation is 1. The fraction of sp³-hybridized carbons (Fsp3) is 0.238. The van der Waals surface area contributed by atoms with E-state index in [9.17, 15) is 19.2 Å². The molecule has 0 aromatic heterocycles. The van der Waals surface area contributed by atoms with Gasteiger partial charge >= 0.3 is 12.0 Å². The number of esters is 1. The highest BCUT2D eigenvalue weighted by Crippen LogP contribution is 2.33. The first kappa shape index (κ1) is 22.4. The molecule has 0 aliphatic carbocycles. The lowest BCUT2D eigenvalue weighted by Gasteiger charge is -2.14. The summed E-state index contributed by atoms with van der Waals surface area (Å²) in [6.07, 6.45) is 0.455. The van der Waals surface area contributed by atoms with Crippen LogP contribution in [0.25, 0.3) is 0 Å². The fourth-order valence-corrected chi connectivity index (χ4v) is 2.66. The van der Waals surface area contributed by atoms with Gasteiger partial charge in [-0.05, 0) is 43.2 Å². The number of rotatable bonds is 7. The molecule has 0 fully saturated rings. The molecule has 0 bridgehead atoms. The average molecular weight is 414 g/mol. The number of ether oxygens (including phenoxy) is 3. The van der Waals surface area contributed by atoms with Crippen LogP contribution in [-0.4, -0.2) is 45.0 Å². The Morgan fingerprint density at radius 3 is 2.40 bits per heavy atom. The molecule has 0 saturated carbocycles. The lowest BCUT2D eigenvalue weighted by molar-refractivity contribution is -0.123. The van der Waals surface area contributed by atoms with Crippen molar-refractivity contribution in [3.8, 4) is 11.5 Å². The molecule has 2 aromatic rings. The number of urea groups is 1. The van der Waals surface area contributed by atoms with Crippen molar-refractivity contribution < 1.29 is 33.4 Å². The Hall–Kier alpha value is -3.88. The molecule has 0 spiro atoms. The quantitative estimate of drug-likeness (QED) is 0.528. The fourth-order valence-electron chi connectivity index (χ4n) is 2.66. The third-order valence-electron chi connectivity index (χ3n) is 4.35. The molecule has 0 unspecified atom stereocenters. The zero-order valence-electron chi connectivity index (χ0n) is 17.0. The van der Waals surface area contributed by atoms with E-state index in [1.165, 1.54) is 26.4 Å². The highest BCUT2D eigenvalue weighted by molar-refractivity contribution is 6.04. The summed E-state index contributed by atoms with van der Waals surface area (Å²) in [5.74, 6) is -1.61. The number of amides is 3. The van der Waals surface area contributed by atoms with Crippen LogP contribution in [0.1, 0.15) is 31.8 Å². The second-order valence-corrected chi connectivity index (χ2v) is 6.21. The largest absolute Gasteiger partial charge is 0.493 e. The van der Waals surface area contributed by atoms with Crippen molar-refractivity contribution in [1.82, 2.24) is 5.32 Å². The lowest BCUT2D eigenvalue weighted by atomic mass is 10.1. The number of carbonyl (C=O) groups is 4. The summed E-state index contributed by atoms with van der Waals surface area (Å²) in [6, 6.07) is 7.42. The van der Waals surface area contributed by atoms with Crippen molar-refractivity contribution >= 4 is 29.9 Å². The van der Waals surface area contributed by atoms with Gasteiger partial charge in [-0.2, -0.15) is 0 Å². The molecule has 9 heteroatoms. The monoisotopic (exact) mass is 414 g/mol. The summed E-state index contributed by atoms with van der Waals surface area (Å²) in [4.78, 5) is 47.7. The Morgan fingerprint density at radius 2 is 1.77 bits per heavy atom. The predicted octanol–water partition coefficient (Wildman–Crippen LogP) is 2.64. The molecule has 2 aromatic carbocycles. The van der Waals surface area contributed by atoms with Crippen molar-refractivity contribution in [2.75, 3.05) is 26.1 Å². The average Bonchev–Trinajstić information content (AvgIpc) is 2.73. The Kier molecular flexibility index (Phi) is 7.51. The van der Waals surface area contributed by atoms with Crippen LogP contribution in [0, 0.1) is 13.8 Å². The van der Waals surface area contributed by atoms with Gasteiger partial charge in [0, 0.05) is 11.3 Å². The molecule has 2 rings (SSSR count). The van der Waals surface area contributed by atoms with Crippen molar-refractivity contribution in [3.05, 3.63) is 52.6 Å². The maximum atomic E-state index is 12.4. The molecule has 0 aliphatic heterocycles. The van der Waals surface area contributed by atoms with Crippen LogP contribution in [0.3, 0.4) is 0 Å². The summed E-state index contributed by atoms with van der Waals surface area (Å²) in [7, 11) is 2.67. The van der Waals surface area contributed by atoms with Gasteiger partial charge in [-0.15, -0.1) is 0 Å². The Morgan fingerprint density at radius 1 is 1.03 bits per heavy atom. The summed E-state index contributed by atoms with van der Waals surface area (Å²) >= 11 is 0. The van der Waals surface area contributed by atoms with Crippen LogP contribution in [0.15, 0.2) is 30.3 Å². The third kappa shape index (κ3) is 5.13. The van der Waals surface area contributed by atoms with E-state index in [1.54, 1.807) is 12.1 Å². The molecule has 0 radical (unpaired) electrons. The summed E-state index contributed by atoms with van der Waals surface area (Å²) in [6.45, 7) is 2.99. The third-order valence-corrected chi connectivity index (χ3v) is 4.35. The van der Waals surface area contributed by atoms with Gasteiger partial charge in [0.1, 0.15) is 5.56 Å². The van der Waals surface area contributed by atoms with E-state index >= 15 is 0 Å². The van der Waals surface area contributed by atoms with E-state index in [-0.39, 0.29) is 22.6 Å². The molecule has 0 aliphatic rings. The Balaban J connectivity index is 2.03. The molecular formula is C21H22N2O7. The molecule has 0 heterocycles. The topological polar surface area (TPSA) is 120 Å². The number of methoxy groups -OCH3 is 2. The molecule has 2 N–H and O–H groups in total. The van der Waals surface area contributed by atoms with Gasteiger partial charge in [0.2, 0.25) is 0 Å². The van der Waals surface area contributed by atoms with E-state index in [1.807, 2.05) is 19.9 Å². The zero-order valence-corrected chi connectivity index (χ0v) is 17.0. The zero-order chi connectivity index (χ0) is 22.3. The van der Waals surface area contributed by atoms with E-state index in [0.29, 0.717) is 12.0 Å². The first-order valence-electron chi connectivity index (χ1n) is 8.86. The minimum atomic E-state index is -0.974. The summed E-state index contributed by atoms with van der Waals surface area (Å²) in [5.41, 5.74) is 2.21.